The van der Waals surface area contributed by atoms with Gasteiger partial charge in [-0.25, -0.2) is 0 Å². The van der Waals surface area contributed by atoms with E-state index < -0.39 is 11.8 Å². The first-order valence-electron chi connectivity index (χ1n) is 10.3. The maximum absolute atomic E-state index is 12.5. The number of anilines is 1. The molecule has 0 saturated carbocycles. The van der Waals surface area contributed by atoms with Gasteiger partial charge in [0.2, 0.25) is 0 Å². The van der Waals surface area contributed by atoms with Crippen molar-refractivity contribution in [3.05, 3.63) is 56.9 Å². The predicted octanol–water partition coefficient (Wildman–Crippen LogP) is 2.86. The van der Waals surface area contributed by atoms with Crippen LogP contribution in [0.15, 0.2) is 29.8 Å². The van der Waals surface area contributed by atoms with Gasteiger partial charge in [0, 0.05) is 37.6 Å². The Morgan fingerprint density at radius 2 is 1.84 bits per heavy atom. The molecule has 2 aromatic rings. The number of hydrogen-bond donors (Lipinski definition) is 1. The molecule has 9 nitrogen and oxygen atoms in total. The lowest BCUT2D eigenvalue weighted by Crippen LogP contribution is -2.52. The van der Waals surface area contributed by atoms with E-state index in [2.05, 4.69) is 5.32 Å². The third-order valence-corrected chi connectivity index (χ3v) is 6.31. The number of nitrogens with one attached hydrogen (secondary N) is 1. The standard InChI is InChI=1S/C22H23N5O4S/c1-13-10-15(11-17-20(28)23-22(32)24(3)21(17)29)14(2)26(13)16-6-7-18(19(12-16)27(30)31)25-8-4-5-9-25/h6-7,10-12H,4-5,8-9H2,1-3H3,(H,23,28,32). The van der Waals surface area contributed by atoms with Crippen LogP contribution in [-0.4, -0.2) is 51.5 Å². The first-order chi connectivity index (χ1) is 15.2. The van der Waals surface area contributed by atoms with Gasteiger partial charge in [0.25, 0.3) is 17.5 Å². The molecule has 0 bridgehead atoms. The molecule has 2 amide bonds. The van der Waals surface area contributed by atoms with E-state index in [0.717, 1.165) is 37.3 Å². The summed E-state index contributed by atoms with van der Waals surface area (Å²) in [5.41, 5.74) is 3.58. The second-order valence-corrected chi connectivity index (χ2v) is 8.35. The normalized spacial score (nSPS) is 18.0. The minimum absolute atomic E-state index is 0.0169. The molecule has 32 heavy (non-hydrogen) atoms. The minimum atomic E-state index is -0.548. The molecule has 3 heterocycles. The van der Waals surface area contributed by atoms with Gasteiger partial charge in [-0.15, -0.1) is 0 Å². The number of thiocarbonyl (C=S) groups is 1. The summed E-state index contributed by atoms with van der Waals surface area (Å²) in [6.45, 7) is 5.35. The number of hydrogen-bond acceptors (Lipinski definition) is 6. The first kappa shape index (κ1) is 21.7. The van der Waals surface area contributed by atoms with Crippen molar-refractivity contribution in [2.24, 2.45) is 0 Å². The lowest BCUT2D eigenvalue weighted by Gasteiger charge is -2.25. The molecule has 1 aromatic heterocycles. The van der Waals surface area contributed by atoms with Gasteiger partial charge in [0.05, 0.1) is 10.6 Å². The van der Waals surface area contributed by atoms with Gasteiger partial charge in [-0.2, -0.15) is 0 Å². The summed E-state index contributed by atoms with van der Waals surface area (Å²) in [4.78, 5) is 39.5. The molecule has 2 saturated heterocycles. The smallest absolute Gasteiger partial charge is 0.294 e. The number of benzene rings is 1. The zero-order chi connectivity index (χ0) is 23.2. The molecule has 166 valence electrons. The SMILES string of the molecule is Cc1cc(C=C2C(=O)NC(=S)N(C)C2=O)c(C)n1-c1ccc(N2CCCC2)c([N+](=O)[O-])c1. The summed E-state index contributed by atoms with van der Waals surface area (Å²) in [6.07, 6.45) is 3.58. The summed E-state index contributed by atoms with van der Waals surface area (Å²) >= 11 is 4.98. The number of carbonyl (C=O) groups is 2. The number of carbonyl (C=O) groups excluding carboxylic acids is 2. The van der Waals surface area contributed by atoms with Crippen molar-refractivity contribution in [2.45, 2.75) is 26.7 Å². The number of nitro benzene ring substituents is 1. The number of aryl methyl sites for hydroxylation is 1. The Kier molecular flexibility index (Phi) is 5.55. The highest BCUT2D eigenvalue weighted by Crippen LogP contribution is 2.34. The van der Waals surface area contributed by atoms with E-state index in [1.807, 2.05) is 35.4 Å². The van der Waals surface area contributed by atoms with Crippen LogP contribution in [0.25, 0.3) is 11.8 Å². The maximum Gasteiger partial charge on any atom is 0.294 e. The van der Waals surface area contributed by atoms with Crippen LogP contribution in [0.1, 0.15) is 29.8 Å². The average molecular weight is 454 g/mol. The Balaban J connectivity index is 1.76. The summed E-state index contributed by atoms with van der Waals surface area (Å²) in [6, 6.07) is 7.08. The number of aromatic nitrogens is 1. The maximum atomic E-state index is 12.5. The molecule has 4 rings (SSSR count). The third kappa shape index (κ3) is 3.66. The van der Waals surface area contributed by atoms with Crippen LogP contribution in [0.3, 0.4) is 0 Å². The van der Waals surface area contributed by atoms with Crippen LogP contribution in [0.4, 0.5) is 11.4 Å². The van der Waals surface area contributed by atoms with Gasteiger partial charge >= 0.3 is 0 Å². The summed E-state index contributed by atoms with van der Waals surface area (Å²) in [5.74, 6) is -1.03. The first-order valence-corrected chi connectivity index (χ1v) is 10.7. The highest BCUT2D eigenvalue weighted by Gasteiger charge is 2.31. The van der Waals surface area contributed by atoms with Crippen molar-refractivity contribution in [3.8, 4) is 5.69 Å². The second-order valence-electron chi connectivity index (χ2n) is 7.97. The molecule has 2 aliphatic rings. The summed E-state index contributed by atoms with van der Waals surface area (Å²) < 4.78 is 1.88. The Bertz CT molecular complexity index is 1190. The highest BCUT2D eigenvalue weighted by atomic mass is 32.1. The van der Waals surface area contributed by atoms with E-state index in [9.17, 15) is 19.7 Å². The zero-order valence-corrected chi connectivity index (χ0v) is 18.9. The van der Waals surface area contributed by atoms with Gasteiger partial charge in [0.1, 0.15) is 11.3 Å². The van der Waals surface area contributed by atoms with E-state index in [1.165, 1.54) is 18.0 Å². The number of likely N-dealkylation sites (N-methyl/N-ethyl adjacent to an activating group) is 1. The average Bonchev–Trinajstić information content (AvgIpc) is 3.37. The molecule has 0 spiro atoms. The molecule has 2 fully saturated rings. The number of nitro groups is 1. The number of amides is 2. The summed E-state index contributed by atoms with van der Waals surface area (Å²) in [7, 11) is 1.50. The van der Waals surface area contributed by atoms with Gasteiger partial charge in [-0.3, -0.25) is 29.9 Å². The van der Waals surface area contributed by atoms with Crippen molar-refractivity contribution in [1.82, 2.24) is 14.8 Å². The fraction of sp³-hybridized carbons (Fsp3) is 0.318. The molecule has 1 aromatic carbocycles. The van der Waals surface area contributed by atoms with Crippen molar-refractivity contribution >= 4 is 46.6 Å². The van der Waals surface area contributed by atoms with Crippen molar-refractivity contribution in [1.29, 1.82) is 0 Å². The highest BCUT2D eigenvalue weighted by molar-refractivity contribution is 7.80. The lowest BCUT2D eigenvalue weighted by atomic mass is 10.1. The Morgan fingerprint density at radius 1 is 1.16 bits per heavy atom. The molecule has 10 heteroatoms. The van der Waals surface area contributed by atoms with E-state index in [4.69, 9.17) is 12.2 Å². The van der Waals surface area contributed by atoms with Crippen molar-refractivity contribution in [2.75, 3.05) is 25.0 Å². The molecule has 2 aliphatic heterocycles. The van der Waals surface area contributed by atoms with Crippen molar-refractivity contribution in [3.63, 3.8) is 0 Å². The van der Waals surface area contributed by atoms with Gasteiger partial charge < -0.3 is 9.47 Å². The Hall–Kier alpha value is -3.53. The largest absolute Gasteiger partial charge is 0.366 e. The second kappa shape index (κ2) is 8.19. The molecule has 0 radical (unpaired) electrons. The fourth-order valence-corrected chi connectivity index (χ4v) is 4.43. The van der Waals surface area contributed by atoms with E-state index in [1.54, 1.807) is 12.1 Å². The molecule has 0 atom stereocenters. The molecular weight excluding hydrogens is 430 g/mol. The molecule has 0 unspecified atom stereocenters. The van der Waals surface area contributed by atoms with Gasteiger partial charge in [-0.1, -0.05) is 0 Å². The number of rotatable bonds is 4. The minimum Gasteiger partial charge on any atom is -0.366 e. The Morgan fingerprint density at radius 3 is 2.50 bits per heavy atom. The van der Waals surface area contributed by atoms with Crippen molar-refractivity contribution < 1.29 is 14.5 Å². The third-order valence-electron chi connectivity index (χ3n) is 5.94. The molecular formula is C22H23N5O4S. The van der Waals surface area contributed by atoms with Crippen LogP contribution < -0.4 is 10.2 Å². The molecule has 0 aliphatic carbocycles. The van der Waals surface area contributed by atoms with Crippen LogP contribution in [-0.2, 0) is 9.59 Å². The monoisotopic (exact) mass is 453 g/mol. The lowest BCUT2D eigenvalue weighted by molar-refractivity contribution is -0.384. The van der Waals surface area contributed by atoms with Crippen LogP contribution in [0.2, 0.25) is 0 Å². The Labute approximate surface area is 190 Å². The summed E-state index contributed by atoms with van der Waals surface area (Å²) in [5, 5.41) is 14.4. The predicted molar refractivity (Wildman–Crippen MR) is 125 cm³/mol. The van der Waals surface area contributed by atoms with E-state index in [-0.39, 0.29) is 21.3 Å². The molecule has 1 N–H and O–H groups in total. The topological polar surface area (TPSA) is 101 Å². The quantitative estimate of drug-likeness (QED) is 0.251. The number of nitrogens with zero attached hydrogens (tertiary/aromatic N) is 4. The van der Waals surface area contributed by atoms with Crippen LogP contribution >= 0.6 is 12.2 Å². The van der Waals surface area contributed by atoms with E-state index >= 15 is 0 Å². The van der Waals surface area contributed by atoms with Crippen LogP contribution in [0, 0.1) is 24.0 Å². The fourth-order valence-electron chi connectivity index (χ4n) is 4.25. The van der Waals surface area contributed by atoms with Gasteiger partial charge in [-0.05, 0) is 68.7 Å². The van der Waals surface area contributed by atoms with Crippen LogP contribution in [0.5, 0.6) is 0 Å². The van der Waals surface area contributed by atoms with Gasteiger partial charge in [0.15, 0.2) is 5.11 Å². The zero-order valence-electron chi connectivity index (χ0n) is 18.0. The van der Waals surface area contributed by atoms with E-state index in [0.29, 0.717) is 16.9 Å².